The minimum Gasteiger partial charge on any atom is -0.398 e. The van der Waals surface area contributed by atoms with Gasteiger partial charge in [0.1, 0.15) is 0 Å². The molecule has 0 bridgehead atoms. The van der Waals surface area contributed by atoms with Crippen molar-refractivity contribution in [3.05, 3.63) is 33.9 Å². The van der Waals surface area contributed by atoms with Crippen molar-refractivity contribution in [2.75, 3.05) is 11.5 Å². The Labute approximate surface area is 127 Å². The third-order valence-electron chi connectivity index (χ3n) is 3.61. The number of nitrogen functional groups attached to an aromatic ring is 1. The van der Waals surface area contributed by atoms with Crippen LogP contribution >= 0.6 is 11.8 Å². The summed E-state index contributed by atoms with van der Waals surface area (Å²) in [4.78, 5) is 22.5. The van der Waals surface area contributed by atoms with Crippen molar-refractivity contribution in [1.82, 2.24) is 5.32 Å². The normalized spacial score (nSPS) is 21.2. The molecule has 1 aromatic carbocycles. The molecule has 0 aliphatic heterocycles. The summed E-state index contributed by atoms with van der Waals surface area (Å²) in [6.45, 7) is 2.13. The fraction of sp³-hybridized carbons (Fsp3) is 0.500. The summed E-state index contributed by atoms with van der Waals surface area (Å²) in [7, 11) is 0. The molecule has 1 fully saturated rings. The minimum atomic E-state index is -0.528. The summed E-state index contributed by atoms with van der Waals surface area (Å²) in [6.07, 6.45) is 2.98. The van der Waals surface area contributed by atoms with E-state index in [1.165, 1.54) is 18.2 Å². The molecule has 114 valence electrons. The van der Waals surface area contributed by atoms with E-state index in [1.54, 1.807) is 0 Å². The standard InChI is InChI=1S/C14H19N3O3S/c1-2-21-11-5-3-9(7-11)16-14(18)12-8-10(17(19)20)4-6-13(12)15/h4,6,8-9,11H,2-3,5,7,15H2,1H3,(H,16,18)/t9-,11+/m0/s1. The van der Waals surface area contributed by atoms with Crippen molar-refractivity contribution < 1.29 is 9.72 Å². The predicted molar refractivity (Wildman–Crippen MR) is 84.5 cm³/mol. The molecule has 6 nitrogen and oxygen atoms in total. The molecule has 7 heteroatoms. The Kier molecular flexibility index (Phi) is 5.06. The van der Waals surface area contributed by atoms with Crippen molar-refractivity contribution in [1.29, 1.82) is 0 Å². The zero-order chi connectivity index (χ0) is 15.4. The number of nitro benzene ring substituents is 1. The zero-order valence-electron chi connectivity index (χ0n) is 11.9. The zero-order valence-corrected chi connectivity index (χ0v) is 12.7. The number of amides is 1. The van der Waals surface area contributed by atoms with Crippen molar-refractivity contribution >= 4 is 29.0 Å². The first-order valence-electron chi connectivity index (χ1n) is 6.97. The van der Waals surface area contributed by atoms with Crippen LogP contribution in [0.25, 0.3) is 0 Å². The molecule has 0 aromatic heterocycles. The first kappa shape index (κ1) is 15.6. The van der Waals surface area contributed by atoms with E-state index in [2.05, 4.69) is 12.2 Å². The van der Waals surface area contributed by atoms with Gasteiger partial charge < -0.3 is 11.1 Å². The Balaban J connectivity index is 2.04. The van der Waals surface area contributed by atoms with Crippen LogP contribution in [0.5, 0.6) is 0 Å². The maximum absolute atomic E-state index is 12.2. The molecule has 1 saturated carbocycles. The number of carbonyl (C=O) groups is 1. The SMILES string of the molecule is CCS[C@@H]1CC[C@H](NC(=O)c2cc([N+](=O)[O-])ccc2N)C1. The minimum absolute atomic E-state index is 0.125. The second-order valence-electron chi connectivity index (χ2n) is 5.09. The van der Waals surface area contributed by atoms with Gasteiger partial charge in [0.2, 0.25) is 0 Å². The molecule has 0 heterocycles. The Morgan fingerprint density at radius 1 is 1.52 bits per heavy atom. The Morgan fingerprint density at radius 2 is 2.29 bits per heavy atom. The monoisotopic (exact) mass is 309 g/mol. The van der Waals surface area contributed by atoms with Gasteiger partial charge in [-0.1, -0.05) is 6.92 Å². The van der Waals surface area contributed by atoms with Crippen LogP contribution in [-0.4, -0.2) is 27.9 Å². The second kappa shape index (κ2) is 6.80. The molecular weight excluding hydrogens is 290 g/mol. The number of hydrogen-bond donors (Lipinski definition) is 2. The summed E-state index contributed by atoms with van der Waals surface area (Å²) >= 11 is 1.91. The molecule has 2 rings (SSSR count). The highest BCUT2D eigenvalue weighted by Crippen LogP contribution is 2.30. The Hall–Kier alpha value is -1.76. The number of thioether (sulfide) groups is 1. The first-order chi connectivity index (χ1) is 10.0. The second-order valence-corrected chi connectivity index (χ2v) is 6.67. The highest BCUT2D eigenvalue weighted by atomic mass is 32.2. The number of nitro groups is 1. The Bertz CT molecular complexity index is 550. The number of rotatable bonds is 5. The lowest BCUT2D eigenvalue weighted by atomic mass is 10.1. The molecule has 0 radical (unpaired) electrons. The smallest absolute Gasteiger partial charge is 0.270 e. The van der Waals surface area contributed by atoms with Gasteiger partial charge in [-0.25, -0.2) is 0 Å². The van der Waals surface area contributed by atoms with E-state index in [1.807, 2.05) is 11.8 Å². The van der Waals surface area contributed by atoms with Crippen molar-refractivity contribution in [2.24, 2.45) is 0 Å². The molecule has 3 N–H and O–H groups in total. The number of benzene rings is 1. The molecule has 1 amide bonds. The number of anilines is 1. The van der Waals surface area contributed by atoms with Crippen molar-refractivity contribution in [2.45, 2.75) is 37.5 Å². The molecule has 1 aromatic rings. The van der Waals surface area contributed by atoms with E-state index in [4.69, 9.17) is 5.73 Å². The van der Waals surface area contributed by atoms with Gasteiger partial charge in [0.15, 0.2) is 0 Å². The van der Waals surface area contributed by atoms with Gasteiger partial charge in [0.05, 0.1) is 10.5 Å². The van der Waals surface area contributed by atoms with Crippen LogP contribution < -0.4 is 11.1 Å². The fourth-order valence-corrected chi connectivity index (χ4v) is 3.72. The summed E-state index contributed by atoms with van der Waals surface area (Å²) in [5.74, 6) is 0.742. The molecule has 0 saturated heterocycles. The first-order valence-corrected chi connectivity index (χ1v) is 8.02. The quantitative estimate of drug-likeness (QED) is 0.495. The molecule has 0 spiro atoms. The summed E-state index contributed by atoms with van der Waals surface area (Å²) in [5, 5.41) is 14.3. The lowest BCUT2D eigenvalue weighted by molar-refractivity contribution is -0.384. The van der Waals surface area contributed by atoms with Crippen LogP contribution in [0.2, 0.25) is 0 Å². The van der Waals surface area contributed by atoms with Crippen LogP contribution in [0.3, 0.4) is 0 Å². The fourth-order valence-electron chi connectivity index (χ4n) is 2.58. The molecule has 2 atom stereocenters. The topological polar surface area (TPSA) is 98.3 Å². The van der Waals surface area contributed by atoms with Gasteiger partial charge in [-0.2, -0.15) is 11.8 Å². The third-order valence-corrected chi connectivity index (χ3v) is 4.85. The highest BCUT2D eigenvalue weighted by molar-refractivity contribution is 7.99. The van der Waals surface area contributed by atoms with Crippen LogP contribution in [-0.2, 0) is 0 Å². The third kappa shape index (κ3) is 3.87. The average molecular weight is 309 g/mol. The number of carbonyl (C=O) groups excluding carboxylic acids is 1. The van der Waals surface area contributed by atoms with E-state index >= 15 is 0 Å². The summed E-state index contributed by atoms with van der Waals surface area (Å²) in [6, 6.07) is 4.06. The van der Waals surface area contributed by atoms with Gasteiger partial charge in [-0.15, -0.1) is 0 Å². The highest BCUT2D eigenvalue weighted by Gasteiger charge is 2.26. The van der Waals surface area contributed by atoms with Crippen LogP contribution in [0.4, 0.5) is 11.4 Å². The number of non-ortho nitro benzene ring substituents is 1. The average Bonchev–Trinajstić information content (AvgIpc) is 2.86. The van der Waals surface area contributed by atoms with Crippen molar-refractivity contribution in [3.63, 3.8) is 0 Å². The molecule has 1 aliphatic rings. The Morgan fingerprint density at radius 3 is 2.95 bits per heavy atom. The number of nitrogens with one attached hydrogen (secondary N) is 1. The van der Waals surface area contributed by atoms with Crippen molar-refractivity contribution in [3.8, 4) is 0 Å². The van der Waals surface area contributed by atoms with E-state index < -0.39 is 4.92 Å². The lowest BCUT2D eigenvalue weighted by Gasteiger charge is -2.14. The van der Waals surface area contributed by atoms with Crippen LogP contribution in [0.15, 0.2) is 18.2 Å². The number of hydrogen-bond acceptors (Lipinski definition) is 5. The van der Waals surface area contributed by atoms with Gasteiger partial charge in [0, 0.05) is 29.1 Å². The maximum Gasteiger partial charge on any atom is 0.270 e. The largest absolute Gasteiger partial charge is 0.398 e. The van der Waals surface area contributed by atoms with Gasteiger partial charge in [-0.05, 0) is 31.1 Å². The van der Waals surface area contributed by atoms with Gasteiger partial charge in [0.25, 0.3) is 11.6 Å². The van der Waals surface area contributed by atoms with E-state index in [9.17, 15) is 14.9 Å². The molecule has 0 unspecified atom stereocenters. The van der Waals surface area contributed by atoms with E-state index in [0.717, 1.165) is 25.0 Å². The number of nitrogens with zero attached hydrogens (tertiary/aromatic N) is 1. The molecular formula is C14H19N3O3S. The predicted octanol–water partition coefficient (Wildman–Crippen LogP) is 2.58. The van der Waals surface area contributed by atoms with Crippen LogP contribution in [0, 0.1) is 10.1 Å². The maximum atomic E-state index is 12.2. The van der Waals surface area contributed by atoms with E-state index in [0.29, 0.717) is 5.25 Å². The molecule has 21 heavy (non-hydrogen) atoms. The molecule has 1 aliphatic carbocycles. The van der Waals surface area contributed by atoms with Crippen LogP contribution in [0.1, 0.15) is 36.5 Å². The van der Waals surface area contributed by atoms with Gasteiger partial charge in [-0.3, -0.25) is 14.9 Å². The summed E-state index contributed by atoms with van der Waals surface area (Å²) in [5.41, 5.74) is 6.06. The number of nitrogens with two attached hydrogens (primary N) is 1. The van der Waals surface area contributed by atoms with E-state index in [-0.39, 0.29) is 28.9 Å². The summed E-state index contributed by atoms with van der Waals surface area (Å²) < 4.78 is 0. The lowest BCUT2D eigenvalue weighted by Crippen LogP contribution is -2.33. The van der Waals surface area contributed by atoms with Gasteiger partial charge >= 0.3 is 0 Å².